The van der Waals surface area contributed by atoms with Crippen LogP contribution in [-0.4, -0.2) is 34.2 Å². The molecule has 1 aliphatic rings. The number of imide groups is 2. The Morgan fingerprint density at radius 2 is 1.78 bits per heavy atom. The average molecular weight is 328 g/mol. The summed E-state index contributed by atoms with van der Waals surface area (Å²) in [6.45, 7) is 2.30. The first-order chi connectivity index (χ1) is 11.1. The Bertz CT molecular complexity index is 755. The summed E-state index contributed by atoms with van der Waals surface area (Å²) < 4.78 is 0. The number of carbonyl (C=O) groups is 3. The van der Waals surface area contributed by atoms with Gasteiger partial charge in [-0.2, -0.15) is 0 Å². The molecule has 5 nitrogen and oxygen atoms in total. The van der Waals surface area contributed by atoms with Gasteiger partial charge in [-0.1, -0.05) is 35.9 Å². The van der Waals surface area contributed by atoms with E-state index in [0.29, 0.717) is 6.42 Å². The summed E-state index contributed by atoms with van der Waals surface area (Å²) in [6.07, 6.45) is 0.570. The zero-order valence-electron chi connectivity index (χ0n) is 12.7. The smallest absolute Gasteiger partial charge is 0.263 e. The standard InChI is InChI=1S/C17H16N2O3S/c1-12-4-2-5-13(10-12)11-19-16(21)15(20)18(17(19)22)8-7-14-6-3-9-23-14/h2-6,9-10H,7-8,11H2,1H3. The normalized spacial score (nSPS) is 14.9. The SMILES string of the molecule is Cc1cccc(CN2C(=O)C(=O)N(CCc3cccs3)C2=O)c1. The number of hydrogen-bond donors (Lipinski definition) is 0. The van der Waals surface area contributed by atoms with Gasteiger partial charge >= 0.3 is 17.8 Å². The molecule has 1 aromatic carbocycles. The number of thiophene rings is 1. The minimum Gasteiger partial charge on any atom is -0.263 e. The maximum Gasteiger partial charge on any atom is 0.334 e. The molecule has 23 heavy (non-hydrogen) atoms. The fourth-order valence-corrected chi connectivity index (χ4v) is 3.26. The summed E-state index contributed by atoms with van der Waals surface area (Å²) in [6, 6.07) is 10.9. The van der Waals surface area contributed by atoms with E-state index in [1.165, 1.54) is 0 Å². The second-order valence-corrected chi connectivity index (χ2v) is 6.48. The van der Waals surface area contributed by atoms with E-state index in [0.717, 1.165) is 25.8 Å². The summed E-state index contributed by atoms with van der Waals surface area (Å²) in [7, 11) is 0. The molecule has 0 unspecified atom stereocenters. The number of nitrogens with zero attached hydrogens (tertiary/aromatic N) is 2. The Labute approximate surface area is 138 Å². The van der Waals surface area contributed by atoms with Crippen LogP contribution in [0.4, 0.5) is 4.79 Å². The average Bonchev–Trinajstić information content (AvgIpc) is 3.10. The van der Waals surface area contributed by atoms with Crippen molar-refractivity contribution in [2.75, 3.05) is 6.54 Å². The highest BCUT2D eigenvalue weighted by molar-refractivity contribution is 7.09. The fraction of sp³-hybridized carbons (Fsp3) is 0.235. The molecule has 0 atom stereocenters. The van der Waals surface area contributed by atoms with Crippen molar-refractivity contribution in [3.8, 4) is 0 Å². The first-order valence-electron chi connectivity index (χ1n) is 7.31. The molecule has 0 N–H and O–H groups in total. The van der Waals surface area contributed by atoms with Crippen LogP contribution in [0.2, 0.25) is 0 Å². The Hall–Kier alpha value is -2.47. The van der Waals surface area contributed by atoms with Crippen LogP contribution in [0.5, 0.6) is 0 Å². The molecule has 3 rings (SSSR count). The molecule has 2 heterocycles. The molecule has 1 fully saturated rings. The first-order valence-corrected chi connectivity index (χ1v) is 8.19. The lowest BCUT2D eigenvalue weighted by Crippen LogP contribution is -2.34. The van der Waals surface area contributed by atoms with E-state index < -0.39 is 17.8 Å². The Kier molecular flexibility index (Phi) is 4.25. The Morgan fingerprint density at radius 3 is 2.48 bits per heavy atom. The minimum atomic E-state index is -0.748. The molecule has 0 radical (unpaired) electrons. The predicted molar refractivity (Wildman–Crippen MR) is 86.9 cm³/mol. The van der Waals surface area contributed by atoms with E-state index in [4.69, 9.17) is 0 Å². The van der Waals surface area contributed by atoms with Crippen molar-refractivity contribution in [1.29, 1.82) is 0 Å². The summed E-state index contributed by atoms with van der Waals surface area (Å²) in [4.78, 5) is 39.7. The van der Waals surface area contributed by atoms with Crippen molar-refractivity contribution < 1.29 is 14.4 Å². The van der Waals surface area contributed by atoms with Crippen molar-refractivity contribution in [3.05, 3.63) is 57.8 Å². The summed E-state index contributed by atoms with van der Waals surface area (Å²) in [5.74, 6) is -1.48. The van der Waals surface area contributed by atoms with E-state index in [9.17, 15) is 14.4 Å². The Morgan fingerprint density at radius 1 is 1.00 bits per heavy atom. The zero-order valence-corrected chi connectivity index (χ0v) is 13.5. The Balaban J connectivity index is 1.71. The van der Waals surface area contributed by atoms with Crippen LogP contribution in [-0.2, 0) is 22.6 Å². The molecule has 0 bridgehead atoms. The molecule has 0 aliphatic carbocycles. The van der Waals surface area contributed by atoms with E-state index in [-0.39, 0.29) is 13.1 Å². The van der Waals surface area contributed by atoms with Gasteiger partial charge < -0.3 is 0 Å². The van der Waals surface area contributed by atoms with E-state index in [1.54, 1.807) is 11.3 Å². The van der Waals surface area contributed by atoms with Gasteiger partial charge in [-0.25, -0.2) is 4.79 Å². The number of rotatable bonds is 5. The molecule has 6 heteroatoms. The lowest BCUT2D eigenvalue weighted by molar-refractivity contribution is -0.143. The molecule has 2 aromatic rings. The highest BCUT2D eigenvalue weighted by Gasteiger charge is 2.43. The van der Waals surface area contributed by atoms with Gasteiger partial charge in [0.2, 0.25) is 0 Å². The van der Waals surface area contributed by atoms with Gasteiger partial charge in [0.25, 0.3) is 0 Å². The number of carbonyl (C=O) groups excluding carboxylic acids is 3. The van der Waals surface area contributed by atoms with Crippen LogP contribution in [0.3, 0.4) is 0 Å². The van der Waals surface area contributed by atoms with Gasteiger partial charge in [-0.05, 0) is 23.9 Å². The van der Waals surface area contributed by atoms with Crippen molar-refractivity contribution >= 4 is 29.2 Å². The number of aryl methyl sites for hydroxylation is 1. The lowest BCUT2D eigenvalue weighted by Gasteiger charge is -2.15. The van der Waals surface area contributed by atoms with Crippen molar-refractivity contribution in [1.82, 2.24) is 9.80 Å². The molecular formula is C17H16N2O3S. The zero-order chi connectivity index (χ0) is 16.4. The third-order valence-corrected chi connectivity index (χ3v) is 4.66. The monoisotopic (exact) mass is 328 g/mol. The van der Waals surface area contributed by atoms with Gasteiger partial charge in [0.05, 0.1) is 6.54 Å². The maximum atomic E-state index is 12.4. The molecule has 1 aliphatic heterocycles. The molecule has 118 valence electrons. The first kappa shape index (κ1) is 15.4. The molecule has 1 saturated heterocycles. The number of benzene rings is 1. The summed E-state index contributed by atoms with van der Waals surface area (Å²) in [5, 5.41) is 1.94. The van der Waals surface area contributed by atoms with Crippen LogP contribution in [0.15, 0.2) is 41.8 Å². The highest BCUT2D eigenvalue weighted by atomic mass is 32.1. The van der Waals surface area contributed by atoms with Crippen molar-refractivity contribution in [2.45, 2.75) is 19.9 Å². The predicted octanol–water partition coefficient (Wildman–Crippen LogP) is 2.59. The molecule has 1 aromatic heterocycles. The highest BCUT2D eigenvalue weighted by Crippen LogP contribution is 2.18. The van der Waals surface area contributed by atoms with Crippen LogP contribution >= 0.6 is 11.3 Å². The molecule has 0 saturated carbocycles. The molecule has 0 spiro atoms. The van der Waals surface area contributed by atoms with E-state index in [2.05, 4.69) is 0 Å². The van der Waals surface area contributed by atoms with Crippen molar-refractivity contribution in [2.24, 2.45) is 0 Å². The number of urea groups is 1. The maximum absolute atomic E-state index is 12.4. The van der Waals surface area contributed by atoms with Crippen LogP contribution in [0, 0.1) is 6.92 Å². The van der Waals surface area contributed by atoms with Gasteiger partial charge in [0.1, 0.15) is 0 Å². The molecule has 4 amide bonds. The second-order valence-electron chi connectivity index (χ2n) is 5.45. The quantitative estimate of drug-likeness (QED) is 0.626. The molecular weight excluding hydrogens is 312 g/mol. The van der Waals surface area contributed by atoms with Gasteiger partial charge in [0.15, 0.2) is 0 Å². The third-order valence-electron chi connectivity index (χ3n) is 3.72. The van der Waals surface area contributed by atoms with Crippen molar-refractivity contribution in [3.63, 3.8) is 0 Å². The fourth-order valence-electron chi connectivity index (χ4n) is 2.56. The van der Waals surface area contributed by atoms with Crippen LogP contribution in [0.1, 0.15) is 16.0 Å². The summed E-state index contributed by atoms with van der Waals surface area (Å²) >= 11 is 1.57. The third kappa shape index (κ3) is 3.17. The van der Waals surface area contributed by atoms with Crippen LogP contribution < -0.4 is 0 Å². The van der Waals surface area contributed by atoms with Crippen LogP contribution in [0.25, 0.3) is 0 Å². The minimum absolute atomic E-state index is 0.126. The second kappa shape index (κ2) is 6.34. The van der Waals surface area contributed by atoms with Gasteiger partial charge in [-0.15, -0.1) is 11.3 Å². The number of hydrogen-bond acceptors (Lipinski definition) is 4. The van der Waals surface area contributed by atoms with E-state index in [1.807, 2.05) is 48.7 Å². The van der Waals surface area contributed by atoms with Gasteiger partial charge in [-0.3, -0.25) is 19.4 Å². The lowest BCUT2D eigenvalue weighted by atomic mass is 10.1. The topological polar surface area (TPSA) is 57.7 Å². The van der Waals surface area contributed by atoms with E-state index >= 15 is 0 Å². The largest absolute Gasteiger partial charge is 0.334 e. The number of amides is 4. The van der Waals surface area contributed by atoms with Gasteiger partial charge in [0, 0.05) is 17.8 Å². The summed E-state index contributed by atoms with van der Waals surface area (Å²) in [5.41, 5.74) is 1.88.